The summed E-state index contributed by atoms with van der Waals surface area (Å²) in [7, 11) is 0. The van der Waals surface area contributed by atoms with Crippen LogP contribution in [0.5, 0.6) is 0 Å². The van der Waals surface area contributed by atoms with E-state index in [4.69, 9.17) is 4.74 Å². The summed E-state index contributed by atoms with van der Waals surface area (Å²) in [4.78, 5) is 4.49. The molecule has 1 aliphatic rings. The molecular formula is C14H24N2OS. The fourth-order valence-electron chi connectivity index (χ4n) is 2.45. The van der Waals surface area contributed by atoms with Crippen LogP contribution in [-0.2, 0) is 11.2 Å². The van der Waals surface area contributed by atoms with Crippen LogP contribution in [0.1, 0.15) is 43.8 Å². The Hall–Kier alpha value is -0.450. The lowest BCUT2D eigenvalue weighted by atomic mass is 9.90. The van der Waals surface area contributed by atoms with Gasteiger partial charge in [0.25, 0.3) is 0 Å². The number of ether oxygens (including phenoxy) is 1. The molecular weight excluding hydrogens is 244 g/mol. The van der Waals surface area contributed by atoms with Gasteiger partial charge in [-0.3, -0.25) is 0 Å². The Bertz CT molecular complexity index is 380. The Morgan fingerprint density at radius 3 is 3.11 bits per heavy atom. The van der Waals surface area contributed by atoms with Gasteiger partial charge in [0.15, 0.2) is 0 Å². The zero-order valence-corrected chi connectivity index (χ0v) is 12.5. The highest BCUT2D eigenvalue weighted by atomic mass is 32.1. The maximum Gasteiger partial charge on any atom is 0.0940 e. The maximum absolute atomic E-state index is 5.86. The van der Waals surface area contributed by atoms with Gasteiger partial charge >= 0.3 is 0 Å². The second-order valence-electron chi connectivity index (χ2n) is 5.43. The third-order valence-electron chi connectivity index (χ3n) is 3.78. The molecule has 102 valence electrons. The van der Waals surface area contributed by atoms with Gasteiger partial charge in [0.05, 0.1) is 10.6 Å². The fourth-order valence-corrected chi connectivity index (χ4v) is 3.23. The van der Waals surface area contributed by atoms with Crippen molar-refractivity contribution in [3.63, 3.8) is 0 Å². The van der Waals surface area contributed by atoms with Crippen LogP contribution in [0.2, 0.25) is 0 Å². The first-order chi connectivity index (χ1) is 8.61. The first kappa shape index (κ1) is 14.0. The van der Waals surface area contributed by atoms with E-state index in [2.05, 4.69) is 36.5 Å². The normalized spacial score (nSPS) is 28.5. The van der Waals surface area contributed by atoms with Gasteiger partial charge in [0.2, 0.25) is 0 Å². The lowest BCUT2D eigenvalue weighted by Crippen LogP contribution is -2.45. The highest BCUT2D eigenvalue weighted by Gasteiger charge is 2.31. The molecule has 1 N–H and O–H groups in total. The zero-order valence-electron chi connectivity index (χ0n) is 11.7. The van der Waals surface area contributed by atoms with E-state index in [1.54, 1.807) is 11.3 Å². The van der Waals surface area contributed by atoms with Crippen molar-refractivity contribution < 1.29 is 4.74 Å². The molecule has 0 bridgehead atoms. The molecule has 0 saturated carbocycles. The molecule has 0 aromatic carbocycles. The maximum atomic E-state index is 5.86. The molecule has 2 unspecified atom stereocenters. The SMILES string of the molecule is CCC1(C)CC(NCCc2nc(C)cs2)CCO1. The van der Waals surface area contributed by atoms with Crippen molar-refractivity contribution in [3.8, 4) is 0 Å². The minimum Gasteiger partial charge on any atom is -0.375 e. The molecule has 1 aliphatic heterocycles. The number of rotatable bonds is 5. The summed E-state index contributed by atoms with van der Waals surface area (Å²) >= 11 is 1.76. The second-order valence-corrected chi connectivity index (χ2v) is 6.37. The van der Waals surface area contributed by atoms with Crippen molar-refractivity contribution in [3.05, 3.63) is 16.1 Å². The largest absolute Gasteiger partial charge is 0.375 e. The molecule has 0 radical (unpaired) electrons. The van der Waals surface area contributed by atoms with Gasteiger partial charge in [-0.05, 0) is 33.1 Å². The van der Waals surface area contributed by atoms with Gasteiger partial charge in [-0.1, -0.05) is 6.92 Å². The summed E-state index contributed by atoms with van der Waals surface area (Å²) in [6.45, 7) is 8.40. The van der Waals surface area contributed by atoms with Crippen LogP contribution in [0.25, 0.3) is 0 Å². The topological polar surface area (TPSA) is 34.2 Å². The smallest absolute Gasteiger partial charge is 0.0940 e. The van der Waals surface area contributed by atoms with Crippen LogP contribution in [0.15, 0.2) is 5.38 Å². The number of nitrogens with one attached hydrogen (secondary N) is 1. The van der Waals surface area contributed by atoms with Crippen LogP contribution in [0.3, 0.4) is 0 Å². The van der Waals surface area contributed by atoms with E-state index in [0.717, 1.165) is 44.5 Å². The summed E-state index contributed by atoms with van der Waals surface area (Å²) in [5.41, 5.74) is 1.22. The van der Waals surface area contributed by atoms with E-state index < -0.39 is 0 Å². The third kappa shape index (κ3) is 3.77. The van der Waals surface area contributed by atoms with E-state index in [1.165, 1.54) is 5.01 Å². The predicted molar refractivity (Wildman–Crippen MR) is 76.2 cm³/mol. The van der Waals surface area contributed by atoms with Crippen molar-refractivity contribution in [2.45, 2.75) is 58.1 Å². The summed E-state index contributed by atoms with van der Waals surface area (Å²) in [5, 5.41) is 7.02. The van der Waals surface area contributed by atoms with Crippen LogP contribution >= 0.6 is 11.3 Å². The predicted octanol–water partition coefficient (Wildman–Crippen LogP) is 2.93. The van der Waals surface area contributed by atoms with Crippen LogP contribution in [0.4, 0.5) is 0 Å². The lowest BCUT2D eigenvalue weighted by molar-refractivity contribution is -0.0778. The monoisotopic (exact) mass is 268 g/mol. The molecule has 1 fully saturated rings. The fraction of sp³-hybridized carbons (Fsp3) is 0.786. The van der Waals surface area contributed by atoms with Gasteiger partial charge < -0.3 is 10.1 Å². The van der Waals surface area contributed by atoms with Crippen molar-refractivity contribution >= 4 is 11.3 Å². The van der Waals surface area contributed by atoms with Crippen molar-refractivity contribution in [2.24, 2.45) is 0 Å². The summed E-state index contributed by atoms with van der Waals surface area (Å²) in [5.74, 6) is 0. The van der Waals surface area contributed by atoms with Crippen molar-refractivity contribution in [1.29, 1.82) is 0 Å². The number of hydrogen-bond acceptors (Lipinski definition) is 4. The highest BCUT2D eigenvalue weighted by molar-refractivity contribution is 7.09. The van der Waals surface area contributed by atoms with E-state index in [0.29, 0.717) is 6.04 Å². The molecule has 3 nitrogen and oxygen atoms in total. The Morgan fingerprint density at radius 2 is 2.44 bits per heavy atom. The van der Waals surface area contributed by atoms with Crippen LogP contribution in [0, 0.1) is 6.92 Å². The van der Waals surface area contributed by atoms with E-state index in [-0.39, 0.29) is 5.60 Å². The Balaban J connectivity index is 1.73. The third-order valence-corrected chi connectivity index (χ3v) is 4.81. The number of thiazole rings is 1. The van der Waals surface area contributed by atoms with Crippen LogP contribution < -0.4 is 5.32 Å². The first-order valence-electron chi connectivity index (χ1n) is 6.90. The minimum atomic E-state index is 0.0771. The molecule has 0 aliphatic carbocycles. The molecule has 1 saturated heterocycles. The number of aryl methyl sites for hydroxylation is 1. The number of nitrogens with zero attached hydrogens (tertiary/aromatic N) is 1. The number of aromatic nitrogens is 1. The molecule has 0 amide bonds. The van der Waals surface area contributed by atoms with Gasteiger partial charge in [0.1, 0.15) is 0 Å². The van der Waals surface area contributed by atoms with Gasteiger partial charge in [-0.15, -0.1) is 11.3 Å². The quantitative estimate of drug-likeness (QED) is 0.891. The highest BCUT2D eigenvalue weighted by Crippen LogP contribution is 2.27. The van der Waals surface area contributed by atoms with Gasteiger partial charge in [-0.25, -0.2) is 4.98 Å². The van der Waals surface area contributed by atoms with Crippen LogP contribution in [-0.4, -0.2) is 29.8 Å². The first-order valence-corrected chi connectivity index (χ1v) is 7.77. The van der Waals surface area contributed by atoms with E-state index in [9.17, 15) is 0 Å². The van der Waals surface area contributed by atoms with Crippen molar-refractivity contribution in [1.82, 2.24) is 10.3 Å². The molecule has 1 aromatic heterocycles. The molecule has 1 aromatic rings. The molecule has 18 heavy (non-hydrogen) atoms. The second kappa shape index (κ2) is 6.13. The molecule has 2 rings (SSSR count). The minimum absolute atomic E-state index is 0.0771. The molecule has 4 heteroatoms. The summed E-state index contributed by atoms with van der Waals surface area (Å²) in [6.07, 6.45) is 4.39. The van der Waals surface area contributed by atoms with E-state index in [1.807, 2.05) is 0 Å². The molecule has 2 heterocycles. The van der Waals surface area contributed by atoms with Gasteiger partial charge in [0, 0.05) is 36.7 Å². The van der Waals surface area contributed by atoms with E-state index >= 15 is 0 Å². The van der Waals surface area contributed by atoms with Crippen molar-refractivity contribution in [2.75, 3.05) is 13.2 Å². The van der Waals surface area contributed by atoms with Gasteiger partial charge in [-0.2, -0.15) is 0 Å². The number of hydrogen-bond donors (Lipinski definition) is 1. The average Bonchev–Trinajstić information content (AvgIpc) is 2.75. The Morgan fingerprint density at radius 1 is 1.61 bits per heavy atom. The molecule has 2 atom stereocenters. The Kier molecular flexibility index (Phi) is 4.76. The lowest BCUT2D eigenvalue weighted by Gasteiger charge is -2.38. The zero-order chi connectivity index (χ0) is 13.0. The Labute approximate surface area is 114 Å². The summed E-state index contributed by atoms with van der Waals surface area (Å²) in [6, 6.07) is 0.602. The average molecular weight is 268 g/mol. The summed E-state index contributed by atoms with van der Waals surface area (Å²) < 4.78 is 5.86. The molecule has 0 spiro atoms. The standard InChI is InChI=1S/C14H24N2OS/c1-4-14(3)9-12(6-8-17-14)15-7-5-13-16-11(2)10-18-13/h10,12,15H,4-9H2,1-3H3.